The Bertz CT molecular complexity index is 1260. The molecule has 32 heavy (non-hydrogen) atoms. The van der Waals surface area contributed by atoms with Crippen molar-refractivity contribution in [3.63, 3.8) is 0 Å². The molecule has 4 heteroatoms. The van der Waals surface area contributed by atoms with Crippen LogP contribution in [0.2, 0.25) is 0 Å². The van der Waals surface area contributed by atoms with Crippen molar-refractivity contribution < 1.29 is 4.57 Å². The third-order valence-electron chi connectivity index (χ3n) is 6.48. The molecule has 3 aromatic rings. The van der Waals surface area contributed by atoms with E-state index in [4.69, 9.17) is 0 Å². The van der Waals surface area contributed by atoms with Crippen LogP contribution in [0.4, 0.5) is 0 Å². The summed E-state index contributed by atoms with van der Waals surface area (Å²) in [6, 6.07) is 19.6. The average molecular weight is 441 g/mol. The molecule has 3 nitrogen and oxygen atoms in total. The molecule has 162 valence electrons. The summed E-state index contributed by atoms with van der Waals surface area (Å²) in [7, 11) is 2.19. The molecule has 0 saturated carbocycles. The van der Waals surface area contributed by atoms with Crippen LogP contribution in [-0.2, 0) is 13.5 Å². The van der Waals surface area contributed by atoms with Gasteiger partial charge in [-0.15, -0.1) is 0 Å². The molecule has 1 unspecified atom stereocenters. The normalized spacial score (nSPS) is 17.7. The lowest BCUT2D eigenvalue weighted by Crippen LogP contribution is -2.41. The van der Waals surface area contributed by atoms with Gasteiger partial charge in [0.15, 0.2) is 0 Å². The Kier molecular flexibility index (Phi) is 5.71. The number of nitrogens with one attached hydrogen (secondary N) is 1. The van der Waals surface area contributed by atoms with E-state index in [1.807, 2.05) is 11.3 Å². The van der Waals surface area contributed by atoms with Crippen molar-refractivity contribution >= 4 is 27.1 Å². The number of allylic oxidation sites excluding steroid dienone is 4. The fourth-order valence-corrected chi connectivity index (χ4v) is 5.83. The van der Waals surface area contributed by atoms with Crippen molar-refractivity contribution in [3.8, 4) is 0 Å². The van der Waals surface area contributed by atoms with Crippen LogP contribution in [0.15, 0.2) is 95.9 Å². The summed E-state index contributed by atoms with van der Waals surface area (Å²) >= 11 is 1.90. The SMILES string of the molecule is CCN(CC)C1=CC(Cc2sc3ccccc3[n+]2C)=C2C=C(c3ccccc3)C=CC2N1. The third kappa shape index (κ3) is 3.80. The monoisotopic (exact) mass is 440 g/mol. The van der Waals surface area contributed by atoms with Gasteiger partial charge in [-0.2, -0.15) is 4.57 Å². The van der Waals surface area contributed by atoms with Crippen molar-refractivity contribution in [2.75, 3.05) is 13.1 Å². The van der Waals surface area contributed by atoms with Crippen LogP contribution in [0, 0.1) is 0 Å². The maximum atomic E-state index is 3.78. The standard InChI is InChI=1S/C28H30N3S/c1-4-31(5-2)27-18-22(19-28-30(3)25-13-9-10-14-26(25)32-28)23-17-21(15-16-24(23)29-27)20-11-7-6-8-12-20/h6-18,24,29H,4-5,19H2,1-3H3/q+1. The molecule has 0 amide bonds. The zero-order chi connectivity index (χ0) is 22.1. The number of benzene rings is 2. The van der Waals surface area contributed by atoms with E-state index in [9.17, 15) is 0 Å². The van der Waals surface area contributed by atoms with Gasteiger partial charge in [-0.05, 0) is 54.3 Å². The van der Waals surface area contributed by atoms with Gasteiger partial charge in [-0.3, -0.25) is 0 Å². The van der Waals surface area contributed by atoms with E-state index in [1.165, 1.54) is 43.3 Å². The van der Waals surface area contributed by atoms with Crippen LogP contribution in [0.1, 0.15) is 24.4 Å². The molecule has 2 aromatic carbocycles. The molecule has 0 radical (unpaired) electrons. The Balaban J connectivity index is 1.61. The van der Waals surface area contributed by atoms with E-state index in [1.54, 1.807) is 0 Å². The molecule has 5 rings (SSSR count). The largest absolute Gasteiger partial charge is 0.361 e. The minimum Gasteiger partial charge on any atom is -0.361 e. The highest BCUT2D eigenvalue weighted by Crippen LogP contribution is 2.33. The molecule has 2 aliphatic rings. The highest BCUT2D eigenvalue weighted by atomic mass is 32.1. The second-order valence-corrected chi connectivity index (χ2v) is 9.44. The number of aromatic nitrogens is 1. The fourth-order valence-electron chi connectivity index (χ4n) is 4.65. The van der Waals surface area contributed by atoms with Crippen LogP contribution in [0.3, 0.4) is 0 Å². The number of thiazole rings is 1. The van der Waals surface area contributed by atoms with Gasteiger partial charge in [0.25, 0.3) is 0 Å². The van der Waals surface area contributed by atoms with Crippen LogP contribution in [-0.4, -0.2) is 24.0 Å². The number of para-hydroxylation sites is 1. The Morgan fingerprint density at radius 1 is 0.969 bits per heavy atom. The molecular formula is C28H30N3S+. The quantitative estimate of drug-likeness (QED) is 0.520. The maximum absolute atomic E-state index is 3.78. The van der Waals surface area contributed by atoms with Crippen molar-refractivity contribution in [2.45, 2.75) is 26.3 Å². The van der Waals surface area contributed by atoms with Crippen molar-refractivity contribution in [3.05, 3.63) is 106 Å². The zero-order valence-electron chi connectivity index (χ0n) is 19.0. The predicted octanol–water partition coefficient (Wildman–Crippen LogP) is 5.37. The maximum Gasteiger partial charge on any atom is 0.242 e. The average Bonchev–Trinajstić information content (AvgIpc) is 3.15. The summed E-state index contributed by atoms with van der Waals surface area (Å²) in [5, 5.41) is 5.16. The number of aryl methyl sites for hydroxylation is 1. The summed E-state index contributed by atoms with van der Waals surface area (Å²) in [6.45, 7) is 6.44. The zero-order valence-corrected chi connectivity index (χ0v) is 19.8. The number of fused-ring (bicyclic) bond motifs is 2. The Morgan fingerprint density at radius 3 is 2.47 bits per heavy atom. The van der Waals surface area contributed by atoms with Gasteiger partial charge in [0.1, 0.15) is 17.6 Å². The minimum atomic E-state index is 0.206. The number of nitrogens with zero attached hydrogens (tertiary/aromatic N) is 2. The topological polar surface area (TPSA) is 19.1 Å². The summed E-state index contributed by atoms with van der Waals surface area (Å²) in [6.07, 6.45) is 10.3. The van der Waals surface area contributed by atoms with Crippen LogP contribution in [0.5, 0.6) is 0 Å². The minimum absolute atomic E-state index is 0.206. The second kappa shape index (κ2) is 8.79. The lowest BCUT2D eigenvalue weighted by atomic mass is 9.87. The van der Waals surface area contributed by atoms with Gasteiger partial charge < -0.3 is 10.2 Å². The lowest BCUT2D eigenvalue weighted by molar-refractivity contribution is -0.647. The van der Waals surface area contributed by atoms with Crippen molar-refractivity contribution in [1.82, 2.24) is 10.2 Å². The van der Waals surface area contributed by atoms with E-state index >= 15 is 0 Å². The second-order valence-electron chi connectivity index (χ2n) is 8.33. The highest BCUT2D eigenvalue weighted by molar-refractivity contribution is 7.18. The summed E-state index contributed by atoms with van der Waals surface area (Å²) < 4.78 is 3.70. The number of rotatable bonds is 6. The van der Waals surface area contributed by atoms with Crippen molar-refractivity contribution in [2.24, 2.45) is 7.05 Å². The predicted molar refractivity (Wildman–Crippen MR) is 135 cm³/mol. The molecule has 0 spiro atoms. The lowest BCUT2D eigenvalue weighted by Gasteiger charge is -2.35. The Labute approximate surface area is 194 Å². The molecular weight excluding hydrogens is 410 g/mol. The van der Waals surface area contributed by atoms with Gasteiger partial charge in [0.2, 0.25) is 10.5 Å². The molecule has 1 atom stereocenters. The van der Waals surface area contributed by atoms with E-state index in [-0.39, 0.29) is 6.04 Å². The summed E-state index contributed by atoms with van der Waals surface area (Å²) in [5.41, 5.74) is 6.62. The number of hydrogen-bond donors (Lipinski definition) is 1. The molecule has 1 aromatic heterocycles. The smallest absolute Gasteiger partial charge is 0.242 e. The highest BCUT2D eigenvalue weighted by Gasteiger charge is 2.27. The van der Waals surface area contributed by atoms with E-state index in [0.29, 0.717) is 0 Å². The molecule has 1 aliphatic heterocycles. The van der Waals surface area contributed by atoms with Crippen molar-refractivity contribution in [1.29, 1.82) is 0 Å². The molecule has 1 aliphatic carbocycles. The Morgan fingerprint density at radius 2 is 1.72 bits per heavy atom. The molecule has 0 fully saturated rings. The summed E-state index contributed by atoms with van der Waals surface area (Å²) in [4.78, 5) is 2.41. The van der Waals surface area contributed by atoms with Gasteiger partial charge >= 0.3 is 0 Å². The molecule has 0 saturated heterocycles. The molecule has 0 bridgehead atoms. The molecule has 1 N–H and O–H groups in total. The van der Waals surface area contributed by atoms with Gasteiger partial charge in [0, 0.05) is 19.2 Å². The number of hydrogen-bond acceptors (Lipinski definition) is 3. The van der Waals surface area contributed by atoms with E-state index < -0.39 is 0 Å². The van der Waals surface area contributed by atoms with Crippen LogP contribution in [0.25, 0.3) is 15.8 Å². The number of dihydropyridines is 1. The van der Waals surface area contributed by atoms with Crippen LogP contribution >= 0.6 is 11.3 Å². The van der Waals surface area contributed by atoms with Crippen LogP contribution < -0.4 is 9.88 Å². The summed E-state index contributed by atoms with van der Waals surface area (Å²) in [5.74, 6) is 1.23. The first kappa shape index (κ1) is 20.8. The third-order valence-corrected chi connectivity index (χ3v) is 7.70. The molecule has 2 heterocycles. The van der Waals surface area contributed by atoms with Gasteiger partial charge in [0.05, 0.1) is 12.5 Å². The van der Waals surface area contributed by atoms with Gasteiger partial charge in [-0.25, -0.2) is 0 Å². The van der Waals surface area contributed by atoms with E-state index in [2.05, 4.69) is 115 Å². The fraction of sp³-hybridized carbons (Fsp3) is 0.250. The first-order valence-electron chi connectivity index (χ1n) is 11.5. The first-order valence-corrected chi connectivity index (χ1v) is 12.3. The van der Waals surface area contributed by atoms with Gasteiger partial charge in [-0.1, -0.05) is 66.0 Å². The first-order chi connectivity index (χ1) is 15.7. The Hall–Kier alpha value is -3.11. The van der Waals surface area contributed by atoms with E-state index in [0.717, 1.165) is 19.5 Å².